The third-order valence-electron chi connectivity index (χ3n) is 5.33. The van der Waals surface area contributed by atoms with Crippen LogP contribution in [-0.2, 0) is 16.0 Å². The van der Waals surface area contributed by atoms with Crippen molar-refractivity contribution in [3.63, 3.8) is 0 Å². The van der Waals surface area contributed by atoms with Gasteiger partial charge in [-0.15, -0.1) is 0 Å². The van der Waals surface area contributed by atoms with Crippen LogP contribution in [0.3, 0.4) is 0 Å². The minimum absolute atomic E-state index is 0.295. The maximum Gasteiger partial charge on any atom is 0.223 e. The van der Waals surface area contributed by atoms with Crippen molar-refractivity contribution in [2.75, 3.05) is 46.4 Å². The molecule has 2 fully saturated rings. The zero-order valence-electron chi connectivity index (χ0n) is 14.7. The van der Waals surface area contributed by atoms with Crippen molar-refractivity contribution in [3.05, 3.63) is 30.1 Å². The van der Waals surface area contributed by atoms with E-state index in [-0.39, 0.29) is 0 Å². The lowest BCUT2D eigenvalue weighted by atomic mass is 9.90. The van der Waals surface area contributed by atoms with Crippen molar-refractivity contribution < 1.29 is 9.53 Å². The molecule has 0 spiro atoms. The Hall–Kier alpha value is -1.46. The number of hydrogen-bond acceptors (Lipinski definition) is 4. The molecule has 132 valence electrons. The lowest BCUT2D eigenvalue weighted by molar-refractivity contribution is -0.128. The van der Waals surface area contributed by atoms with Crippen LogP contribution in [0.4, 0.5) is 0 Å². The molecule has 0 saturated carbocycles. The van der Waals surface area contributed by atoms with E-state index in [1.54, 1.807) is 7.11 Å². The summed E-state index contributed by atoms with van der Waals surface area (Å²) in [5.41, 5.74) is 1.35. The smallest absolute Gasteiger partial charge is 0.223 e. The summed E-state index contributed by atoms with van der Waals surface area (Å²) in [6.45, 7) is 5.66. The standard InChI is InChI=1S/C19H29N3O2/c1-24-10-9-22-15-18(12-19(22)23)14-21-7-4-16(5-8-21)11-17-3-2-6-20-13-17/h2-3,6,13,16,18H,4-5,7-12,14-15H2,1H3/t18-/m1/s1. The van der Waals surface area contributed by atoms with Gasteiger partial charge in [0.1, 0.15) is 0 Å². The van der Waals surface area contributed by atoms with E-state index in [0.717, 1.165) is 45.1 Å². The van der Waals surface area contributed by atoms with Crippen molar-refractivity contribution in [1.29, 1.82) is 0 Å². The molecule has 2 aliphatic heterocycles. The minimum Gasteiger partial charge on any atom is -0.383 e. The molecule has 3 heterocycles. The number of carbonyl (C=O) groups is 1. The monoisotopic (exact) mass is 331 g/mol. The Morgan fingerprint density at radius 3 is 2.83 bits per heavy atom. The van der Waals surface area contributed by atoms with Crippen LogP contribution in [-0.4, -0.2) is 67.1 Å². The van der Waals surface area contributed by atoms with Crippen molar-refractivity contribution in [2.24, 2.45) is 11.8 Å². The Balaban J connectivity index is 1.39. The second-order valence-corrected chi connectivity index (χ2v) is 7.21. The van der Waals surface area contributed by atoms with Crippen LogP contribution < -0.4 is 0 Å². The zero-order valence-corrected chi connectivity index (χ0v) is 14.7. The first kappa shape index (κ1) is 17.4. The van der Waals surface area contributed by atoms with Gasteiger partial charge in [0.15, 0.2) is 0 Å². The van der Waals surface area contributed by atoms with Crippen LogP contribution in [0.2, 0.25) is 0 Å². The Bertz CT molecular complexity index is 515. The quantitative estimate of drug-likeness (QED) is 0.765. The third-order valence-corrected chi connectivity index (χ3v) is 5.33. The molecule has 5 heteroatoms. The summed E-state index contributed by atoms with van der Waals surface area (Å²) in [6.07, 6.45) is 8.19. The van der Waals surface area contributed by atoms with Crippen molar-refractivity contribution in [2.45, 2.75) is 25.7 Å². The van der Waals surface area contributed by atoms with Crippen molar-refractivity contribution in [1.82, 2.24) is 14.8 Å². The Kier molecular flexibility index (Phi) is 6.21. The number of nitrogens with zero attached hydrogens (tertiary/aromatic N) is 3. The molecular weight excluding hydrogens is 302 g/mol. The topological polar surface area (TPSA) is 45.7 Å². The van der Waals surface area contributed by atoms with E-state index in [4.69, 9.17) is 4.74 Å². The summed E-state index contributed by atoms with van der Waals surface area (Å²) in [5, 5.41) is 0. The van der Waals surface area contributed by atoms with E-state index < -0.39 is 0 Å². The zero-order chi connectivity index (χ0) is 16.8. The van der Waals surface area contributed by atoms with Gasteiger partial charge >= 0.3 is 0 Å². The van der Waals surface area contributed by atoms with E-state index in [2.05, 4.69) is 16.0 Å². The van der Waals surface area contributed by atoms with E-state index in [0.29, 0.717) is 24.9 Å². The van der Waals surface area contributed by atoms with Crippen LogP contribution in [0.15, 0.2) is 24.5 Å². The van der Waals surface area contributed by atoms with E-state index in [1.807, 2.05) is 23.4 Å². The molecule has 0 radical (unpaired) electrons. The van der Waals surface area contributed by atoms with Gasteiger partial charge in [0.25, 0.3) is 0 Å². The number of aromatic nitrogens is 1. The molecule has 2 aliphatic rings. The number of rotatable bonds is 7. The Morgan fingerprint density at radius 2 is 2.12 bits per heavy atom. The first-order valence-electron chi connectivity index (χ1n) is 9.12. The summed E-state index contributed by atoms with van der Waals surface area (Å²) in [6, 6.07) is 4.20. The Labute approximate surface area is 145 Å². The van der Waals surface area contributed by atoms with Gasteiger partial charge in [0.2, 0.25) is 5.91 Å². The third kappa shape index (κ3) is 4.77. The summed E-state index contributed by atoms with van der Waals surface area (Å²) in [4.78, 5) is 20.8. The molecule has 1 aromatic rings. The summed E-state index contributed by atoms with van der Waals surface area (Å²) >= 11 is 0. The van der Waals surface area contributed by atoms with Gasteiger partial charge in [-0.25, -0.2) is 0 Å². The highest BCUT2D eigenvalue weighted by molar-refractivity contribution is 5.78. The molecule has 0 aliphatic carbocycles. The van der Waals surface area contributed by atoms with Crippen LogP contribution in [0, 0.1) is 11.8 Å². The molecule has 24 heavy (non-hydrogen) atoms. The van der Waals surface area contributed by atoms with Gasteiger partial charge < -0.3 is 14.5 Å². The number of amides is 1. The molecule has 5 nitrogen and oxygen atoms in total. The summed E-state index contributed by atoms with van der Waals surface area (Å²) in [7, 11) is 1.69. The average molecular weight is 331 g/mol. The van der Waals surface area contributed by atoms with Gasteiger partial charge in [-0.2, -0.15) is 0 Å². The number of carbonyl (C=O) groups excluding carboxylic acids is 1. The van der Waals surface area contributed by atoms with Gasteiger partial charge in [0, 0.05) is 45.6 Å². The van der Waals surface area contributed by atoms with Gasteiger partial charge in [-0.1, -0.05) is 6.07 Å². The number of likely N-dealkylation sites (tertiary alicyclic amines) is 2. The molecule has 0 bridgehead atoms. The van der Waals surface area contributed by atoms with E-state index in [1.165, 1.54) is 18.4 Å². The number of methoxy groups -OCH3 is 1. The number of piperidine rings is 1. The van der Waals surface area contributed by atoms with Crippen LogP contribution >= 0.6 is 0 Å². The average Bonchev–Trinajstić information content (AvgIpc) is 2.95. The molecule has 0 N–H and O–H groups in total. The van der Waals surface area contributed by atoms with Crippen LogP contribution in [0.25, 0.3) is 0 Å². The molecule has 0 unspecified atom stereocenters. The first-order chi connectivity index (χ1) is 11.7. The highest BCUT2D eigenvalue weighted by atomic mass is 16.5. The van der Waals surface area contributed by atoms with Crippen molar-refractivity contribution >= 4 is 5.91 Å². The van der Waals surface area contributed by atoms with Crippen LogP contribution in [0.1, 0.15) is 24.8 Å². The van der Waals surface area contributed by atoms with Crippen LogP contribution in [0.5, 0.6) is 0 Å². The number of hydrogen-bond donors (Lipinski definition) is 0. The van der Waals surface area contributed by atoms with Crippen molar-refractivity contribution in [3.8, 4) is 0 Å². The SMILES string of the molecule is COCCN1C[C@@H](CN2CCC(Cc3cccnc3)CC2)CC1=O. The maximum atomic E-state index is 12.0. The largest absolute Gasteiger partial charge is 0.383 e. The summed E-state index contributed by atoms with van der Waals surface area (Å²) < 4.78 is 5.09. The normalized spacial score (nSPS) is 23.1. The Morgan fingerprint density at radius 1 is 1.29 bits per heavy atom. The van der Waals surface area contributed by atoms with Gasteiger partial charge in [-0.05, 0) is 55.8 Å². The highest BCUT2D eigenvalue weighted by Crippen LogP contribution is 2.24. The molecule has 1 atom stereocenters. The minimum atomic E-state index is 0.295. The molecule has 0 aromatic carbocycles. The predicted molar refractivity (Wildman–Crippen MR) is 93.7 cm³/mol. The van der Waals surface area contributed by atoms with Gasteiger partial charge in [-0.3, -0.25) is 9.78 Å². The second kappa shape index (κ2) is 8.58. The van der Waals surface area contributed by atoms with Gasteiger partial charge in [0.05, 0.1) is 6.61 Å². The lowest BCUT2D eigenvalue weighted by Crippen LogP contribution is -2.38. The fourth-order valence-electron chi connectivity index (χ4n) is 3.98. The molecule has 2 saturated heterocycles. The molecule has 3 rings (SSSR count). The fourth-order valence-corrected chi connectivity index (χ4v) is 3.98. The second-order valence-electron chi connectivity index (χ2n) is 7.21. The predicted octanol–water partition coefficient (Wildman–Crippen LogP) is 1.83. The number of ether oxygens (including phenoxy) is 1. The molecule has 1 amide bonds. The number of pyridine rings is 1. The van der Waals surface area contributed by atoms with E-state index in [9.17, 15) is 4.79 Å². The fraction of sp³-hybridized carbons (Fsp3) is 0.684. The maximum absolute atomic E-state index is 12.0. The van der Waals surface area contributed by atoms with E-state index >= 15 is 0 Å². The summed E-state index contributed by atoms with van der Waals surface area (Å²) in [5.74, 6) is 1.56. The lowest BCUT2D eigenvalue weighted by Gasteiger charge is -2.33. The molecular formula is C19H29N3O2. The first-order valence-corrected chi connectivity index (χ1v) is 9.12. The highest BCUT2D eigenvalue weighted by Gasteiger charge is 2.31. The molecule has 1 aromatic heterocycles.